The van der Waals surface area contributed by atoms with Gasteiger partial charge in [0, 0.05) is 32.0 Å². The average Bonchev–Trinajstić information content (AvgIpc) is 3.05. The standard InChI is InChI=1S/C12H20N4O2S/c17-19(18)10-2-7-16(19)9-8-15-6-1-3-11(15)12-13-4-5-14-12/h4-5,11H,1-3,6-10H2,(H,13,14). The lowest BCUT2D eigenvalue weighted by atomic mass is 10.2. The molecule has 3 heterocycles. The Morgan fingerprint density at radius 1 is 1.32 bits per heavy atom. The first-order chi connectivity index (χ1) is 9.17. The predicted molar refractivity (Wildman–Crippen MR) is 72.1 cm³/mol. The zero-order chi connectivity index (χ0) is 13.3. The van der Waals surface area contributed by atoms with Crippen molar-refractivity contribution in [1.82, 2.24) is 19.2 Å². The molecule has 0 spiro atoms. The Morgan fingerprint density at radius 2 is 2.21 bits per heavy atom. The minimum Gasteiger partial charge on any atom is -0.347 e. The van der Waals surface area contributed by atoms with E-state index in [4.69, 9.17) is 0 Å². The van der Waals surface area contributed by atoms with E-state index < -0.39 is 10.0 Å². The molecule has 0 radical (unpaired) electrons. The lowest BCUT2D eigenvalue weighted by molar-refractivity contribution is 0.232. The zero-order valence-electron chi connectivity index (χ0n) is 11.0. The van der Waals surface area contributed by atoms with E-state index in [0.29, 0.717) is 24.9 Å². The van der Waals surface area contributed by atoms with E-state index in [1.807, 2.05) is 6.20 Å². The van der Waals surface area contributed by atoms with E-state index in [1.54, 1.807) is 10.5 Å². The molecule has 2 aliphatic rings. The maximum absolute atomic E-state index is 11.8. The van der Waals surface area contributed by atoms with Crippen molar-refractivity contribution in [3.8, 4) is 0 Å². The first-order valence-electron chi connectivity index (χ1n) is 6.88. The van der Waals surface area contributed by atoms with Gasteiger partial charge in [0.1, 0.15) is 5.82 Å². The third-order valence-corrected chi connectivity index (χ3v) is 5.99. The van der Waals surface area contributed by atoms with Crippen LogP contribution < -0.4 is 0 Å². The monoisotopic (exact) mass is 284 g/mol. The Bertz CT molecular complexity index is 514. The molecule has 1 unspecified atom stereocenters. The summed E-state index contributed by atoms with van der Waals surface area (Å²) >= 11 is 0. The minimum absolute atomic E-state index is 0.314. The van der Waals surface area contributed by atoms with Crippen molar-refractivity contribution < 1.29 is 8.42 Å². The van der Waals surface area contributed by atoms with Gasteiger partial charge in [-0.05, 0) is 25.8 Å². The summed E-state index contributed by atoms with van der Waals surface area (Å²) in [6.45, 7) is 3.12. The third-order valence-electron chi connectivity index (χ3n) is 4.04. The van der Waals surface area contributed by atoms with Crippen LogP contribution in [0.1, 0.15) is 31.1 Å². The minimum atomic E-state index is -2.97. The molecule has 1 N–H and O–H groups in total. The Morgan fingerprint density at radius 3 is 2.89 bits per heavy atom. The third kappa shape index (κ3) is 2.68. The Kier molecular flexibility index (Phi) is 3.60. The van der Waals surface area contributed by atoms with Gasteiger partial charge in [-0.25, -0.2) is 17.7 Å². The number of nitrogens with one attached hydrogen (secondary N) is 1. The molecule has 1 aromatic heterocycles. The summed E-state index contributed by atoms with van der Waals surface area (Å²) in [5.41, 5.74) is 0. The first-order valence-corrected chi connectivity index (χ1v) is 8.49. The number of likely N-dealkylation sites (tertiary alicyclic amines) is 1. The highest BCUT2D eigenvalue weighted by Crippen LogP contribution is 2.29. The fraction of sp³-hybridized carbons (Fsp3) is 0.750. The molecule has 0 amide bonds. The van der Waals surface area contributed by atoms with Gasteiger partial charge in [0.05, 0.1) is 11.8 Å². The summed E-state index contributed by atoms with van der Waals surface area (Å²) in [5, 5.41) is 0. The van der Waals surface area contributed by atoms with Crippen LogP contribution in [0.2, 0.25) is 0 Å². The molecule has 0 aromatic carbocycles. The van der Waals surface area contributed by atoms with E-state index >= 15 is 0 Å². The van der Waals surface area contributed by atoms with Crippen molar-refractivity contribution >= 4 is 10.0 Å². The second kappa shape index (κ2) is 5.22. The smallest absolute Gasteiger partial charge is 0.214 e. The molecular formula is C12H20N4O2S. The van der Waals surface area contributed by atoms with Gasteiger partial charge in [-0.1, -0.05) is 0 Å². The summed E-state index contributed by atoms with van der Waals surface area (Å²) in [4.78, 5) is 9.84. The normalized spacial score (nSPS) is 28.1. The topological polar surface area (TPSA) is 69.3 Å². The number of hydrogen-bond acceptors (Lipinski definition) is 4. The van der Waals surface area contributed by atoms with Crippen LogP contribution in [0.15, 0.2) is 12.4 Å². The van der Waals surface area contributed by atoms with Crippen LogP contribution in [0.5, 0.6) is 0 Å². The van der Waals surface area contributed by atoms with Gasteiger partial charge in [0.25, 0.3) is 0 Å². The molecule has 0 bridgehead atoms. The molecule has 0 saturated carbocycles. The molecule has 3 rings (SSSR count). The number of sulfonamides is 1. The Labute approximate surface area is 113 Å². The van der Waals surface area contributed by atoms with Gasteiger partial charge in [0.2, 0.25) is 10.0 Å². The molecule has 2 saturated heterocycles. The number of H-pyrrole nitrogens is 1. The highest BCUT2D eigenvalue weighted by Gasteiger charge is 2.31. The lowest BCUT2D eigenvalue weighted by Gasteiger charge is -2.25. The Balaban J connectivity index is 1.60. The molecular weight excluding hydrogens is 264 g/mol. The highest BCUT2D eigenvalue weighted by atomic mass is 32.2. The number of nitrogens with zero attached hydrogens (tertiary/aromatic N) is 3. The average molecular weight is 284 g/mol. The van der Waals surface area contributed by atoms with E-state index in [-0.39, 0.29) is 0 Å². The number of rotatable bonds is 4. The van der Waals surface area contributed by atoms with Crippen molar-refractivity contribution in [3.63, 3.8) is 0 Å². The first kappa shape index (κ1) is 13.1. The van der Waals surface area contributed by atoms with E-state index in [2.05, 4.69) is 14.9 Å². The van der Waals surface area contributed by atoms with Gasteiger partial charge < -0.3 is 4.98 Å². The molecule has 1 atom stereocenters. The maximum Gasteiger partial charge on any atom is 0.214 e. The van der Waals surface area contributed by atoms with E-state index in [0.717, 1.165) is 38.2 Å². The number of aromatic amines is 1. The SMILES string of the molecule is O=S1(=O)CCCN1CCN1CCCC1c1ncc[nH]1. The zero-order valence-corrected chi connectivity index (χ0v) is 11.8. The van der Waals surface area contributed by atoms with Crippen molar-refractivity contribution in [2.75, 3.05) is 31.9 Å². The van der Waals surface area contributed by atoms with Crippen LogP contribution in [-0.4, -0.2) is 59.5 Å². The van der Waals surface area contributed by atoms with E-state index in [9.17, 15) is 8.42 Å². The fourth-order valence-electron chi connectivity index (χ4n) is 3.05. The van der Waals surface area contributed by atoms with Gasteiger partial charge in [-0.15, -0.1) is 0 Å². The summed E-state index contributed by atoms with van der Waals surface area (Å²) in [5.74, 6) is 1.32. The van der Waals surface area contributed by atoms with Crippen LogP contribution >= 0.6 is 0 Å². The second-order valence-electron chi connectivity index (χ2n) is 5.24. The number of hydrogen-bond donors (Lipinski definition) is 1. The summed E-state index contributed by atoms with van der Waals surface area (Å²) < 4.78 is 25.2. The lowest BCUT2D eigenvalue weighted by Crippen LogP contribution is -2.36. The largest absolute Gasteiger partial charge is 0.347 e. The van der Waals surface area contributed by atoms with Crippen LogP contribution in [0.3, 0.4) is 0 Å². The summed E-state index contributed by atoms with van der Waals surface area (Å²) in [7, 11) is -2.97. The number of aromatic nitrogens is 2. The van der Waals surface area contributed by atoms with E-state index in [1.165, 1.54) is 0 Å². The molecule has 7 heteroatoms. The molecule has 2 fully saturated rings. The van der Waals surface area contributed by atoms with Gasteiger partial charge in [-0.2, -0.15) is 0 Å². The highest BCUT2D eigenvalue weighted by molar-refractivity contribution is 7.89. The van der Waals surface area contributed by atoms with Crippen LogP contribution in [-0.2, 0) is 10.0 Å². The molecule has 106 valence electrons. The van der Waals surface area contributed by atoms with Crippen LogP contribution in [0.25, 0.3) is 0 Å². The Hall–Kier alpha value is -0.920. The number of imidazole rings is 1. The fourth-order valence-corrected chi connectivity index (χ4v) is 4.56. The predicted octanol–water partition coefficient (Wildman–Crippen LogP) is 0.582. The van der Waals surface area contributed by atoms with Gasteiger partial charge in [0.15, 0.2) is 0 Å². The molecule has 2 aliphatic heterocycles. The molecule has 0 aliphatic carbocycles. The van der Waals surface area contributed by atoms with Crippen molar-refractivity contribution in [1.29, 1.82) is 0 Å². The molecule has 19 heavy (non-hydrogen) atoms. The summed E-state index contributed by atoms with van der Waals surface area (Å²) in [6.07, 6.45) is 6.63. The maximum atomic E-state index is 11.8. The molecule has 6 nitrogen and oxygen atoms in total. The van der Waals surface area contributed by atoms with Crippen molar-refractivity contribution in [2.45, 2.75) is 25.3 Å². The van der Waals surface area contributed by atoms with Gasteiger partial charge in [-0.3, -0.25) is 4.90 Å². The summed E-state index contributed by atoms with van der Waals surface area (Å²) in [6, 6.07) is 0.320. The van der Waals surface area contributed by atoms with Gasteiger partial charge >= 0.3 is 0 Å². The quantitative estimate of drug-likeness (QED) is 0.878. The van der Waals surface area contributed by atoms with Crippen molar-refractivity contribution in [3.05, 3.63) is 18.2 Å². The van der Waals surface area contributed by atoms with Crippen LogP contribution in [0, 0.1) is 0 Å². The molecule has 1 aromatic rings. The van der Waals surface area contributed by atoms with Crippen LogP contribution in [0.4, 0.5) is 0 Å². The van der Waals surface area contributed by atoms with Crippen molar-refractivity contribution in [2.24, 2.45) is 0 Å². The second-order valence-corrected chi connectivity index (χ2v) is 7.33.